The molecule has 0 unspecified atom stereocenters. The van der Waals surface area contributed by atoms with Crippen LogP contribution < -0.4 is 0 Å². The molecule has 6 rings (SSSR count). The van der Waals surface area contributed by atoms with Crippen LogP contribution in [0.2, 0.25) is 18.1 Å². The van der Waals surface area contributed by atoms with Crippen molar-refractivity contribution in [1.82, 2.24) is 9.97 Å². The highest BCUT2D eigenvalue weighted by molar-refractivity contribution is 6.74. The van der Waals surface area contributed by atoms with Crippen LogP contribution in [0.3, 0.4) is 0 Å². The molecule has 41 heavy (non-hydrogen) atoms. The van der Waals surface area contributed by atoms with Crippen molar-refractivity contribution < 1.29 is 27.1 Å². The molecule has 2 aliphatic heterocycles. The van der Waals surface area contributed by atoms with Crippen molar-refractivity contribution in [3.63, 3.8) is 0 Å². The summed E-state index contributed by atoms with van der Waals surface area (Å²) < 4.78 is 60.3. The van der Waals surface area contributed by atoms with Crippen molar-refractivity contribution in [2.75, 3.05) is 13.2 Å². The topological polar surface area (TPSA) is 53.5 Å². The second-order valence-corrected chi connectivity index (χ2v) is 19.4. The molecule has 1 saturated heterocycles. The summed E-state index contributed by atoms with van der Waals surface area (Å²) >= 11 is 0. The van der Waals surface area contributed by atoms with Gasteiger partial charge in [0.15, 0.2) is 8.32 Å². The molecule has 2 fully saturated rings. The van der Waals surface area contributed by atoms with Gasteiger partial charge < -0.3 is 13.9 Å². The van der Waals surface area contributed by atoms with E-state index in [1.54, 1.807) is 0 Å². The number of pyridine rings is 2. The maximum atomic E-state index is 13.4. The highest BCUT2D eigenvalue weighted by atomic mass is 28.4. The zero-order valence-electron chi connectivity index (χ0n) is 25.4. The Morgan fingerprint density at radius 1 is 1.02 bits per heavy atom. The summed E-state index contributed by atoms with van der Waals surface area (Å²) in [5.74, 6) is 0.120. The molecule has 0 amide bonds. The van der Waals surface area contributed by atoms with Gasteiger partial charge in [-0.05, 0) is 66.8 Å². The molecule has 0 N–H and O–H groups in total. The van der Waals surface area contributed by atoms with Crippen LogP contribution in [0.4, 0.5) is 13.2 Å². The second-order valence-electron chi connectivity index (χ2n) is 14.6. The van der Waals surface area contributed by atoms with E-state index in [4.69, 9.17) is 18.9 Å². The predicted octanol–water partition coefficient (Wildman–Crippen LogP) is 8.53. The number of ether oxygens (including phenoxy) is 2. The average molecular weight is 589 g/mol. The molecule has 9 heteroatoms. The molecule has 2 atom stereocenters. The fraction of sp³-hybridized carbons (Fsp3) is 0.688. The van der Waals surface area contributed by atoms with Crippen molar-refractivity contribution in [2.45, 2.75) is 121 Å². The molecule has 0 aromatic carbocycles. The summed E-state index contributed by atoms with van der Waals surface area (Å²) in [4.78, 5) is 9.21. The van der Waals surface area contributed by atoms with Crippen LogP contribution in [-0.2, 0) is 32.1 Å². The van der Waals surface area contributed by atoms with Crippen molar-refractivity contribution in [2.24, 2.45) is 5.41 Å². The van der Waals surface area contributed by atoms with Gasteiger partial charge in [-0.2, -0.15) is 13.2 Å². The van der Waals surface area contributed by atoms with Crippen LogP contribution in [0.5, 0.6) is 0 Å². The number of alkyl halides is 3. The average Bonchev–Trinajstić information content (AvgIpc) is 3.55. The lowest BCUT2D eigenvalue weighted by Gasteiger charge is -2.44. The minimum Gasteiger partial charge on any atom is -0.410 e. The molecule has 4 aliphatic rings. The molecular weight excluding hydrogens is 545 g/mol. The van der Waals surface area contributed by atoms with Gasteiger partial charge in [-0.3, -0.25) is 9.97 Å². The van der Waals surface area contributed by atoms with Gasteiger partial charge in [0.2, 0.25) is 0 Å². The van der Waals surface area contributed by atoms with E-state index in [2.05, 4.69) is 52.7 Å². The minimum absolute atomic E-state index is 0.0527. The third-order valence-electron chi connectivity index (χ3n) is 10.4. The molecule has 2 aliphatic carbocycles. The van der Waals surface area contributed by atoms with E-state index in [-0.39, 0.29) is 22.5 Å². The Morgan fingerprint density at radius 3 is 2.24 bits per heavy atom. The van der Waals surface area contributed by atoms with Gasteiger partial charge in [-0.25, -0.2) is 0 Å². The number of hydrogen-bond donors (Lipinski definition) is 0. The lowest BCUT2D eigenvalue weighted by atomic mass is 9.73. The molecule has 2 spiro atoms. The van der Waals surface area contributed by atoms with E-state index in [1.807, 2.05) is 0 Å². The number of nitrogens with zero attached hydrogens (tertiary/aromatic N) is 2. The van der Waals surface area contributed by atoms with Gasteiger partial charge in [-0.15, -0.1) is 0 Å². The standard InChI is InChI=1S/C32H43F3N2O3Si/c1-19(2)27-25-26(24-21(37-27)16-30(10-11-30)17-22(24)40-41(6,7)29(3,4)5)31(12-14-38-15-13-31)39-28(25)20-8-9-23(36-18-20)32(33,34)35/h8-9,18-19,22,28H,10-17H2,1-7H3/t22-,28-/m0/s1. The Kier molecular flexibility index (Phi) is 6.85. The SMILES string of the molecule is CC(C)c1nc2c(c3c1[C@H](c1ccc(C(F)(F)F)nc1)OC31CCOCC1)[C@@H](O[Si](C)(C)C(C)(C)C)CC1(CC1)C2. The summed E-state index contributed by atoms with van der Waals surface area (Å²) in [6.07, 6.45) is 1.95. The quantitative estimate of drug-likeness (QED) is 0.335. The first-order valence-corrected chi connectivity index (χ1v) is 18.0. The Labute approximate surface area is 242 Å². The highest BCUT2D eigenvalue weighted by Crippen LogP contribution is 2.63. The lowest BCUT2D eigenvalue weighted by Crippen LogP contribution is -2.44. The number of halogens is 3. The van der Waals surface area contributed by atoms with E-state index in [0.29, 0.717) is 31.6 Å². The Balaban J connectivity index is 1.57. The normalized spacial score (nSPS) is 25.0. The summed E-state index contributed by atoms with van der Waals surface area (Å²) in [6.45, 7) is 16.9. The number of fused-ring (bicyclic) bond motifs is 4. The first kappa shape index (κ1) is 29.3. The monoisotopic (exact) mass is 588 g/mol. The maximum absolute atomic E-state index is 13.4. The van der Waals surface area contributed by atoms with Gasteiger partial charge in [0, 0.05) is 60.3 Å². The predicted molar refractivity (Wildman–Crippen MR) is 153 cm³/mol. The molecule has 0 bridgehead atoms. The van der Waals surface area contributed by atoms with Crippen LogP contribution in [0.15, 0.2) is 18.3 Å². The second kappa shape index (κ2) is 9.59. The smallest absolute Gasteiger partial charge is 0.410 e. The summed E-state index contributed by atoms with van der Waals surface area (Å²) in [7, 11) is -2.14. The fourth-order valence-electron chi connectivity index (χ4n) is 6.85. The summed E-state index contributed by atoms with van der Waals surface area (Å²) in [5, 5.41) is 0.0527. The van der Waals surface area contributed by atoms with Crippen LogP contribution in [-0.4, -0.2) is 31.5 Å². The van der Waals surface area contributed by atoms with E-state index >= 15 is 0 Å². The van der Waals surface area contributed by atoms with Crippen molar-refractivity contribution in [3.05, 3.63) is 57.7 Å². The maximum Gasteiger partial charge on any atom is 0.433 e. The van der Waals surface area contributed by atoms with Crippen molar-refractivity contribution in [1.29, 1.82) is 0 Å². The summed E-state index contributed by atoms with van der Waals surface area (Å²) in [6, 6.07) is 2.59. The van der Waals surface area contributed by atoms with Gasteiger partial charge in [-0.1, -0.05) is 40.7 Å². The molecule has 4 heterocycles. The van der Waals surface area contributed by atoms with E-state index in [1.165, 1.54) is 36.2 Å². The third-order valence-corrected chi connectivity index (χ3v) is 14.8. The number of aromatic nitrogens is 2. The minimum atomic E-state index is -4.49. The first-order valence-electron chi connectivity index (χ1n) is 15.1. The largest absolute Gasteiger partial charge is 0.433 e. The number of rotatable bonds is 4. The number of hydrogen-bond acceptors (Lipinski definition) is 5. The molecule has 5 nitrogen and oxygen atoms in total. The molecule has 224 valence electrons. The Morgan fingerprint density at radius 2 is 1.71 bits per heavy atom. The van der Waals surface area contributed by atoms with E-state index in [9.17, 15) is 13.2 Å². The molecular formula is C32H43F3N2O3Si. The van der Waals surface area contributed by atoms with Gasteiger partial charge in [0.25, 0.3) is 0 Å². The van der Waals surface area contributed by atoms with Gasteiger partial charge >= 0.3 is 6.18 Å². The third kappa shape index (κ3) is 4.98. The van der Waals surface area contributed by atoms with Crippen LogP contribution in [0.25, 0.3) is 0 Å². The molecule has 1 saturated carbocycles. The van der Waals surface area contributed by atoms with Gasteiger partial charge in [0.05, 0.1) is 11.7 Å². The highest BCUT2D eigenvalue weighted by Gasteiger charge is 2.56. The van der Waals surface area contributed by atoms with E-state index in [0.717, 1.165) is 35.9 Å². The van der Waals surface area contributed by atoms with Gasteiger partial charge in [0.1, 0.15) is 11.8 Å². The molecule has 0 radical (unpaired) electrons. The van der Waals surface area contributed by atoms with Crippen LogP contribution >= 0.6 is 0 Å². The zero-order valence-corrected chi connectivity index (χ0v) is 26.4. The Bertz CT molecular complexity index is 1320. The fourth-order valence-corrected chi connectivity index (χ4v) is 8.12. The lowest BCUT2D eigenvalue weighted by molar-refractivity contribution is -0.141. The van der Waals surface area contributed by atoms with Crippen LogP contribution in [0, 0.1) is 5.41 Å². The zero-order chi connectivity index (χ0) is 29.6. The van der Waals surface area contributed by atoms with Crippen LogP contribution in [0.1, 0.15) is 124 Å². The Hall–Kier alpha value is -1.81. The summed E-state index contributed by atoms with van der Waals surface area (Å²) in [5.41, 5.74) is 4.90. The van der Waals surface area contributed by atoms with Crippen molar-refractivity contribution in [3.8, 4) is 0 Å². The first-order chi connectivity index (χ1) is 19.1. The molecule has 2 aromatic heterocycles. The van der Waals surface area contributed by atoms with E-state index < -0.39 is 31.9 Å². The van der Waals surface area contributed by atoms with Crippen molar-refractivity contribution >= 4 is 8.32 Å². The molecule has 2 aromatic rings.